The number of amidine groups is 1. The first-order valence-electron chi connectivity index (χ1n) is 9.15. The molecule has 2 heterocycles. The van der Waals surface area contributed by atoms with Gasteiger partial charge in [-0.15, -0.1) is 0 Å². The van der Waals surface area contributed by atoms with Crippen LogP contribution in [-0.2, 0) is 21.2 Å². The fraction of sp³-hybridized carbons (Fsp3) is 0.300. The first-order valence-corrected chi connectivity index (χ1v) is 11.0. The zero-order chi connectivity index (χ0) is 19.7. The molecule has 0 radical (unpaired) electrons. The van der Waals surface area contributed by atoms with E-state index in [0.717, 1.165) is 18.4 Å². The van der Waals surface area contributed by atoms with E-state index < -0.39 is 10.0 Å². The summed E-state index contributed by atoms with van der Waals surface area (Å²) in [6.07, 6.45) is 2.56. The third-order valence-electron chi connectivity index (χ3n) is 5.15. The highest BCUT2D eigenvalue weighted by molar-refractivity contribution is 7.90. The van der Waals surface area contributed by atoms with Gasteiger partial charge in [-0.05, 0) is 43.0 Å². The molecule has 2 aliphatic heterocycles. The van der Waals surface area contributed by atoms with Crippen molar-refractivity contribution < 1.29 is 13.2 Å². The number of carbonyl (C=O) groups excluding carboxylic acids is 1. The molecule has 2 aromatic carbocycles. The van der Waals surface area contributed by atoms with Gasteiger partial charge >= 0.3 is 0 Å². The largest absolute Gasteiger partial charge is 0.338 e. The maximum Gasteiger partial charge on any atom is 0.263 e. The van der Waals surface area contributed by atoms with Crippen LogP contribution in [0.15, 0.2) is 58.4 Å². The summed E-state index contributed by atoms with van der Waals surface area (Å²) in [5.41, 5.74) is 1.53. The Kier molecular flexibility index (Phi) is 5.12. The van der Waals surface area contributed by atoms with E-state index in [1.54, 1.807) is 18.2 Å². The number of hydrogen-bond acceptors (Lipinski definition) is 4. The van der Waals surface area contributed by atoms with Crippen molar-refractivity contribution in [1.82, 2.24) is 9.62 Å². The number of nitrogens with one attached hydrogen (secondary N) is 1. The molecule has 2 aromatic rings. The molecule has 0 aromatic heterocycles. The van der Waals surface area contributed by atoms with Crippen molar-refractivity contribution in [3.8, 4) is 0 Å². The van der Waals surface area contributed by atoms with E-state index >= 15 is 0 Å². The fourth-order valence-corrected chi connectivity index (χ4v) is 5.25. The molecule has 146 valence electrons. The van der Waals surface area contributed by atoms with Crippen molar-refractivity contribution in [3.05, 3.63) is 64.7 Å². The Morgan fingerprint density at radius 3 is 2.75 bits per heavy atom. The van der Waals surface area contributed by atoms with Crippen LogP contribution in [-0.4, -0.2) is 44.2 Å². The van der Waals surface area contributed by atoms with Crippen LogP contribution >= 0.6 is 11.6 Å². The highest BCUT2D eigenvalue weighted by atomic mass is 35.5. The van der Waals surface area contributed by atoms with Crippen LogP contribution in [0.1, 0.15) is 24.0 Å². The second kappa shape index (κ2) is 7.56. The van der Waals surface area contributed by atoms with Gasteiger partial charge in [-0.1, -0.05) is 41.9 Å². The van der Waals surface area contributed by atoms with Gasteiger partial charge in [-0.3, -0.25) is 14.5 Å². The first-order chi connectivity index (χ1) is 13.5. The lowest BCUT2D eigenvalue weighted by Crippen LogP contribution is -2.38. The number of amides is 1. The predicted molar refractivity (Wildman–Crippen MR) is 108 cm³/mol. The zero-order valence-electron chi connectivity index (χ0n) is 15.1. The number of aliphatic imine (C=N–C) groups is 1. The zero-order valence-corrected chi connectivity index (χ0v) is 16.7. The molecular formula is C20H20ClN3O3S. The van der Waals surface area contributed by atoms with Crippen LogP contribution in [0.3, 0.4) is 0 Å². The number of benzene rings is 2. The molecule has 4 rings (SSSR count). The van der Waals surface area contributed by atoms with E-state index in [1.807, 2.05) is 29.2 Å². The van der Waals surface area contributed by atoms with E-state index in [-0.39, 0.29) is 29.2 Å². The Hall–Kier alpha value is -2.38. The minimum atomic E-state index is -3.60. The Balaban J connectivity index is 1.48. The molecule has 0 bridgehead atoms. The Morgan fingerprint density at radius 2 is 1.93 bits per heavy atom. The van der Waals surface area contributed by atoms with Crippen LogP contribution in [0.5, 0.6) is 0 Å². The molecule has 1 atom stereocenters. The van der Waals surface area contributed by atoms with Crippen LogP contribution in [0.4, 0.5) is 0 Å². The van der Waals surface area contributed by atoms with E-state index in [0.29, 0.717) is 23.6 Å². The van der Waals surface area contributed by atoms with E-state index in [9.17, 15) is 13.2 Å². The van der Waals surface area contributed by atoms with Crippen molar-refractivity contribution in [3.63, 3.8) is 0 Å². The lowest BCUT2D eigenvalue weighted by Gasteiger charge is -2.24. The Morgan fingerprint density at radius 1 is 1.18 bits per heavy atom. The minimum absolute atomic E-state index is 0.0835. The van der Waals surface area contributed by atoms with Crippen molar-refractivity contribution in [2.24, 2.45) is 4.99 Å². The molecular weight excluding hydrogens is 398 g/mol. The summed E-state index contributed by atoms with van der Waals surface area (Å²) in [7, 11) is -3.60. The second-order valence-corrected chi connectivity index (χ2v) is 9.00. The number of rotatable bonds is 4. The van der Waals surface area contributed by atoms with Gasteiger partial charge in [0.05, 0.1) is 4.90 Å². The molecule has 28 heavy (non-hydrogen) atoms. The van der Waals surface area contributed by atoms with Crippen LogP contribution in [0, 0.1) is 0 Å². The third kappa shape index (κ3) is 3.64. The maximum atomic E-state index is 12.8. The van der Waals surface area contributed by atoms with Gasteiger partial charge in [0.25, 0.3) is 10.0 Å². The standard InChI is InChI=1S/C20H20ClN3O3S/c21-17-9-3-1-6-14(17)12-15-7-5-11-24(15)19(25)13-22-20-16-8-2-4-10-18(16)28(26,27)23-20/h1-4,6,8-10,15H,5,7,11-13H2,(H,22,23). The van der Waals surface area contributed by atoms with Gasteiger partial charge in [-0.25, -0.2) is 8.42 Å². The van der Waals surface area contributed by atoms with Gasteiger partial charge in [0, 0.05) is 23.2 Å². The first kappa shape index (κ1) is 19.0. The molecule has 8 heteroatoms. The molecule has 0 saturated carbocycles. The Labute approximate surface area is 169 Å². The highest BCUT2D eigenvalue weighted by Gasteiger charge is 2.32. The van der Waals surface area contributed by atoms with Crippen LogP contribution in [0.2, 0.25) is 5.02 Å². The van der Waals surface area contributed by atoms with Crippen LogP contribution in [0.25, 0.3) is 0 Å². The van der Waals surface area contributed by atoms with Gasteiger partial charge < -0.3 is 4.90 Å². The maximum absolute atomic E-state index is 12.8. The molecule has 1 saturated heterocycles. The topological polar surface area (TPSA) is 78.8 Å². The summed E-state index contributed by atoms with van der Waals surface area (Å²) < 4.78 is 26.7. The minimum Gasteiger partial charge on any atom is -0.338 e. The molecule has 1 unspecified atom stereocenters. The normalized spacial score (nSPS) is 21.5. The molecule has 1 amide bonds. The molecule has 0 spiro atoms. The highest BCUT2D eigenvalue weighted by Crippen LogP contribution is 2.25. The summed E-state index contributed by atoms with van der Waals surface area (Å²) in [4.78, 5) is 19.1. The summed E-state index contributed by atoms with van der Waals surface area (Å²) in [5.74, 6) is 0.122. The lowest BCUT2D eigenvalue weighted by molar-refractivity contribution is -0.130. The molecule has 1 fully saturated rings. The van der Waals surface area contributed by atoms with Crippen molar-refractivity contribution >= 4 is 33.4 Å². The summed E-state index contributed by atoms with van der Waals surface area (Å²) in [5, 5.41) is 0.707. The quantitative estimate of drug-likeness (QED) is 0.830. The summed E-state index contributed by atoms with van der Waals surface area (Å²) in [6, 6.07) is 14.4. The number of likely N-dealkylation sites (tertiary alicyclic amines) is 1. The average Bonchev–Trinajstić information content (AvgIpc) is 3.24. The van der Waals surface area contributed by atoms with Crippen molar-refractivity contribution in [1.29, 1.82) is 0 Å². The molecule has 2 aliphatic rings. The van der Waals surface area contributed by atoms with E-state index in [4.69, 9.17) is 11.6 Å². The molecule has 1 N–H and O–H groups in total. The average molecular weight is 418 g/mol. The number of nitrogens with zero attached hydrogens (tertiary/aromatic N) is 2. The lowest BCUT2D eigenvalue weighted by atomic mass is 10.0. The SMILES string of the molecule is O=C(CN=C1NS(=O)(=O)c2ccccc21)N1CCCC1Cc1ccccc1Cl. The number of hydrogen-bond donors (Lipinski definition) is 1. The van der Waals surface area contributed by atoms with Gasteiger partial charge in [0.2, 0.25) is 5.91 Å². The molecule has 0 aliphatic carbocycles. The van der Waals surface area contributed by atoms with Crippen LogP contribution < -0.4 is 4.72 Å². The second-order valence-electron chi connectivity index (χ2n) is 6.95. The van der Waals surface area contributed by atoms with Gasteiger partial charge in [0.1, 0.15) is 12.4 Å². The van der Waals surface area contributed by atoms with Gasteiger partial charge in [-0.2, -0.15) is 0 Å². The summed E-state index contributed by atoms with van der Waals surface area (Å²) in [6.45, 7) is 0.590. The van der Waals surface area contributed by atoms with E-state index in [2.05, 4.69) is 9.71 Å². The number of carbonyl (C=O) groups is 1. The fourth-order valence-electron chi connectivity index (χ4n) is 3.78. The van der Waals surface area contributed by atoms with Gasteiger partial charge in [0.15, 0.2) is 0 Å². The predicted octanol–water partition coefficient (Wildman–Crippen LogP) is 2.61. The number of halogens is 1. The Bertz CT molecular complexity index is 1050. The monoisotopic (exact) mass is 417 g/mol. The smallest absolute Gasteiger partial charge is 0.263 e. The summed E-state index contributed by atoms with van der Waals surface area (Å²) >= 11 is 6.26. The number of fused-ring (bicyclic) bond motifs is 1. The third-order valence-corrected chi connectivity index (χ3v) is 6.91. The van der Waals surface area contributed by atoms with Crippen molar-refractivity contribution in [2.75, 3.05) is 13.1 Å². The van der Waals surface area contributed by atoms with Crippen molar-refractivity contribution in [2.45, 2.75) is 30.2 Å². The van der Waals surface area contributed by atoms with E-state index in [1.165, 1.54) is 6.07 Å². The molecule has 6 nitrogen and oxygen atoms in total. The number of sulfonamides is 1.